The largest absolute Gasteiger partial charge is 0.371 e. The topological polar surface area (TPSA) is 61.4 Å². The zero-order chi connectivity index (χ0) is 23.9. The Morgan fingerprint density at radius 3 is 2.35 bits per heavy atom. The molecule has 0 spiro atoms. The highest BCUT2D eigenvalue weighted by molar-refractivity contribution is 6.03. The highest BCUT2D eigenvalue weighted by atomic mass is 19.1. The molecule has 4 rings (SSSR count). The lowest BCUT2D eigenvalue weighted by Crippen LogP contribution is -2.28. The molecule has 1 saturated heterocycles. The van der Waals surface area contributed by atoms with Crippen LogP contribution in [0.1, 0.15) is 53.6 Å². The molecule has 6 heteroatoms. The average Bonchev–Trinajstić information content (AvgIpc) is 3.39. The molecule has 0 bridgehead atoms. The maximum atomic E-state index is 13.2. The number of halogens is 1. The first-order valence-electron chi connectivity index (χ1n) is 11.8. The molecule has 1 aliphatic heterocycles. The van der Waals surface area contributed by atoms with Gasteiger partial charge in [0.1, 0.15) is 5.82 Å². The minimum absolute atomic E-state index is 0.0970. The van der Waals surface area contributed by atoms with Gasteiger partial charge in [-0.3, -0.25) is 9.59 Å². The molecule has 2 amide bonds. The van der Waals surface area contributed by atoms with Crippen molar-refractivity contribution in [3.8, 4) is 0 Å². The normalized spacial score (nSPS) is 14.0. The maximum Gasteiger partial charge on any atom is 0.253 e. The summed E-state index contributed by atoms with van der Waals surface area (Å²) in [7, 11) is 0. The van der Waals surface area contributed by atoms with Crippen molar-refractivity contribution < 1.29 is 14.0 Å². The summed E-state index contributed by atoms with van der Waals surface area (Å²) >= 11 is 0. The number of carbonyl (C=O) groups is 2. The molecule has 176 valence electrons. The molecular formula is C28H30FN3O2. The molecule has 2 N–H and O–H groups in total. The molecule has 0 aliphatic carbocycles. The van der Waals surface area contributed by atoms with Crippen LogP contribution in [0.4, 0.5) is 15.8 Å². The lowest BCUT2D eigenvalue weighted by atomic mass is 9.95. The number of hydrogen-bond acceptors (Lipinski definition) is 3. The second-order valence-corrected chi connectivity index (χ2v) is 8.60. The van der Waals surface area contributed by atoms with E-state index in [4.69, 9.17) is 0 Å². The number of rotatable bonds is 8. The van der Waals surface area contributed by atoms with E-state index in [0.717, 1.165) is 42.7 Å². The van der Waals surface area contributed by atoms with Crippen molar-refractivity contribution in [2.24, 2.45) is 0 Å². The summed E-state index contributed by atoms with van der Waals surface area (Å²) in [4.78, 5) is 28.4. The van der Waals surface area contributed by atoms with E-state index in [0.29, 0.717) is 24.2 Å². The van der Waals surface area contributed by atoms with E-state index in [1.54, 1.807) is 18.2 Å². The first kappa shape index (κ1) is 23.5. The molecule has 1 aliphatic rings. The fourth-order valence-electron chi connectivity index (χ4n) is 4.40. The highest BCUT2D eigenvalue weighted by Crippen LogP contribution is 2.29. The maximum absolute atomic E-state index is 13.2. The average molecular weight is 460 g/mol. The van der Waals surface area contributed by atoms with Crippen LogP contribution in [0.3, 0.4) is 0 Å². The smallest absolute Gasteiger partial charge is 0.253 e. The zero-order valence-corrected chi connectivity index (χ0v) is 19.4. The standard InChI is InChI=1S/C28H30FN3O2/c1-2-24(21-8-4-3-5-9-21)28(34)31-23-14-15-26(32-16-6-7-17-32)25(18-23)27(33)30-19-20-10-12-22(29)13-11-20/h3-5,8-15,18,24H,2,6-7,16-17,19H2,1H3,(H,30,33)(H,31,34). The van der Waals surface area contributed by atoms with E-state index in [9.17, 15) is 14.0 Å². The number of hydrogen-bond donors (Lipinski definition) is 2. The Labute approximate surface area is 200 Å². The van der Waals surface area contributed by atoms with Gasteiger partial charge in [-0.15, -0.1) is 0 Å². The summed E-state index contributed by atoms with van der Waals surface area (Å²) in [6, 6.07) is 21.3. The molecule has 0 radical (unpaired) electrons. The summed E-state index contributed by atoms with van der Waals surface area (Å²) in [5.74, 6) is -0.899. The number of amides is 2. The van der Waals surface area contributed by atoms with E-state index < -0.39 is 0 Å². The molecular weight excluding hydrogens is 429 g/mol. The van der Waals surface area contributed by atoms with Crippen molar-refractivity contribution in [3.05, 3.63) is 95.3 Å². The third kappa shape index (κ3) is 5.63. The summed E-state index contributed by atoms with van der Waals surface area (Å²) in [5.41, 5.74) is 3.76. The molecule has 1 unspecified atom stereocenters. The highest BCUT2D eigenvalue weighted by Gasteiger charge is 2.22. The number of carbonyl (C=O) groups excluding carboxylic acids is 2. The Bertz CT molecular complexity index is 1130. The van der Waals surface area contributed by atoms with Gasteiger partial charge in [0.15, 0.2) is 0 Å². The van der Waals surface area contributed by atoms with Crippen LogP contribution in [0.25, 0.3) is 0 Å². The fourth-order valence-corrected chi connectivity index (χ4v) is 4.40. The van der Waals surface area contributed by atoms with Crippen molar-refractivity contribution in [2.45, 2.75) is 38.6 Å². The zero-order valence-electron chi connectivity index (χ0n) is 19.4. The van der Waals surface area contributed by atoms with Crippen molar-refractivity contribution in [1.82, 2.24) is 5.32 Å². The van der Waals surface area contributed by atoms with E-state index >= 15 is 0 Å². The Balaban J connectivity index is 1.54. The Hall–Kier alpha value is -3.67. The molecule has 1 fully saturated rings. The van der Waals surface area contributed by atoms with Gasteiger partial charge in [0, 0.05) is 31.0 Å². The van der Waals surface area contributed by atoms with Crippen LogP contribution in [0.15, 0.2) is 72.8 Å². The van der Waals surface area contributed by atoms with Crippen LogP contribution in [-0.2, 0) is 11.3 Å². The third-order valence-electron chi connectivity index (χ3n) is 6.25. The monoisotopic (exact) mass is 459 g/mol. The van der Waals surface area contributed by atoms with Crippen molar-refractivity contribution in [1.29, 1.82) is 0 Å². The predicted molar refractivity (Wildman–Crippen MR) is 134 cm³/mol. The van der Waals surface area contributed by atoms with E-state index in [1.165, 1.54) is 12.1 Å². The predicted octanol–water partition coefficient (Wildman–Crippen LogP) is 5.49. The SMILES string of the molecule is CCC(C(=O)Nc1ccc(N2CCCC2)c(C(=O)NCc2ccc(F)cc2)c1)c1ccccc1. The fraction of sp³-hybridized carbons (Fsp3) is 0.286. The van der Waals surface area contributed by atoms with Gasteiger partial charge in [0.05, 0.1) is 11.5 Å². The van der Waals surface area contributed by atoms with E-state index in [1.807, 2.05) is 49.4 Å². The van der Waals surface area contributed by atoms with Crippen molar-refractivity contribution >= 4 is 23.2 Å². The minimum Gasteiger partial charge on any atom is -0.371 e. The number of benzene rings is 3. The lowest BCUT2D eigenvalue weighted by molar-refractivity contribution is -0.117. The number of nitrogens with one attached hydrogen (secondary N) is 2. The molecule has 34 heavy (non-hydrogen) atoms. The van der Waals surface area contributed by atoms with Crippen LogP contribution >= 0.6 is 0 Å². The van der Waals surface area contributed by atoms with Gasteiger partial charge in [-0.05, 0) is 60.7 Å². The van der Waals surface area contributed by atoms with E-state index in [-0.39, 0.29) is 23.5 Å². The van der Waals surface area contributed by atoms with Gasteiger partial charge < -0.3 is 15.5 Å². The van der Waals surface area contributed by atoms with Crippen molar-refractivity contribution in [2.75, 3.05) is 23.3 Å². The molecule has 1 atom stereocenters. The quantitative estimate of drug-likeness (QED) is 0.468. The second kappa shape index (κ2) is 11.0. The summed E-state index contributed by atoms with van der Waals surface area (Å²) in [6.45, 7) is 4.08. The van der Waals surface area contributed by atoms with Crippen molar-refractivity contribution in [3.63, 3.8) is 0 Å². The van der Waals surface area contributed by atoms with Crippen LogP contribution in [-0.4, -0.2) is 24.9 Å². The first-order chi connectivity index (χ1) is 16.5. The molecule has 3 aromatic rings. The van der Waals surface area contributed by atoms with Gasteiger partial charge in [0.2, 0.25) is 5.91 Å². The molecule has 1 heterocycles. The first-order valence-corrected chi connectivity index (χ1v) is 11.8. The second-order valence-electron chi connectivity index (χ2n) is 8.60. The van der Waals surface area contributed by atoms with Gasteiger partial charge in [-0.2, -0.15) is 0 Å². The summed E-state index contributed by atoms with van der Waals surface area (Å²) in [6.07, 6.45) is 2.85. The van der Waals surface area contributed by atoms with Gasteiger partial charge in [-0.25, -0.2) is 4.39 Å². The Morgan fingerprint density at radius 1 is 0.971 bits per heavy atom. The Morgan fingerprint density at radius 2 is 1.68 bits per heavy atom. The minimum atomic E-state index is -0.310. The molecule has 5 nitrogen and oxygen atoms in total. The molecule has 0 saturated carbocycles. The van der Waals surface area contributed by atoms with Crippen LogP contribution in [0.2, 0.25) is 0 Å². The Kier molecular flexibility index (Phi) is 7.58. The lowest BCUT2D eigenvalue weighted by Gasteiger charge is -2.22. The summed E-state index contributed by atoms with van der Waals surface area (Å²) in [5, 5.41) is 5.94. The third-order valence-corrected chi connectivity index (χ3v) is 6.25. The van der Waals surface area contributed by atoms with E-state index in [2.05, 4.69) is 15.5 Å². The van der Waals surface area contributed by atoms with Gasteiger partial charge in [-0.1, -0.05) is 49.4 Å². The number of nitrogens with zero attached hydrogens (tertiary/aromatic N) is 1. The number of anilines is 2. The van der Waals surface area contributed by atoms with Gasteiger partial charge in [0.25, 0.3) is 5.91 Å². The molecule has 0 aromatic heterocycles. The van der Waals surface area contributed by atoms with Gasteiger partial charge >= 0.3 is 0 Å². The van der Waals surface area contributed by atoms with Crippen LogP contribution in [0.5, 0.6) is 0 Å². The summed E-state index contributed by atoms with van der Waals surface area (Å²) < 4.78 is 13.2. The van der Waals surface area contributed by atoms with Crippen LogP contribution in [0, 0.1) is 5.82 Å². The van der Waals surface area contributed by atoms with Crippen LogP contribution < -0.4 is 15.5 Å². The molecule has 3 aromatic carbocycles.